The number of carbonyl (C=O) groups excluding carboxylic acids is 1. The molecule has 4 rings (SSSR count). The van der Waals surface area contributed by atoms with Gasteiger partial charge in [-0.15, -0.1) is 0 Å². The van der Waals surface area contributed by atoms with Crippen molar-refractivity contribution < 1.29 is 14.1 Å². The van der Waals surface area contributed by atoms with Crippen LogP contribution in [-0.2, 0) is 17.8 Å². The van der Waals surface area contributed by atoms with Crippen LogP contribution in [0.2, 0.25) is 0 Å². The molecule has 8 nitrogen and oxygen atoms in total. The number of amides is 1. The Morgan fingerprint density at radius 3 is 2.61 bits per heavy atom. The van der Waals surface area contributed by atoms with Gasteiger partial charge in [0.15, 0.2) is 0 Å². The van der Waals surface area contributed by atoms with E-state index in [0.717, 1.165) is 42.8 Å². The Kier molecular flexibility index (Phi) is 6.89. The van der Waals surface area contributed by atoms with E-state index in [1.165, 1.54) is 0 Å². The molecule has 0 bridgehead atoms. The highest BCUT2D eigenvalue weighted by atomic mass is 16.5. The Hall–Kier alpha value is -3.26. The van der Waals surface area contributed by atoms with Gasteiger partial charge in [-0.25, -0.2) is 0 Å². The van der Waals surface area contributed by atoms with Crippen molar-refractivity contribution in [3.8, 4) is 17.1 Å². The standard InChI is InChI=1S/C23H27N5O3/c1-2-30-20-5-3-17(4-6-20)15-21(29)25-19-9-13-28(14-10-19)16-22-26-23(27-31-22)18-7-11-24-12-8-18/h3-8,11-12,19H,2,9-10,13-16H2,1H3,(H,25,29). The van der Waals surface area contributed by atoms with Crippen molar-refractivity contribution in [3.63, 3.8) is 0 Å². The molecule has 1 amide bonds. The van der Waals surface area contributed by atoms with Crippen molar-refractivity contribution in [2.24, 2.45) is 0 Å². The molecule has 0 radical (unpaired) electrons. The van der Waals surface area contributed by atoms with Crippen molar-refractivity contribution in [2.45, 2.75) is 38.8 Å². The second kappa shape index (κ2) is 10.2. The summed E-state index contributed by atoms with van der Waals surface area (Å²) in [6, 6.07) is 11.6. The molecule has 1 aliphatic heterocycles. The van der Waals surface area contributed by atoms with Crippen LogP contribution < -0.4 is 10.1 Å². The van der Waals surface area contributed by atoms with E-state index in [4.69, 9.17) is 9.26 Å². The molecule has 0 aliphatic carbocycles. The molecule has 2 aromatic heterocycles. The minimum Gasteiger partial charge on any atom is -0.494 e. The second-order valence-corrected chi connectivity index (χ2v) is 7.62. The van der Waals surface area contributed by atoms with Crippen LogP contribution in [0.15, 0.2) is 53.3 Å². The zero-order chi connectivity index (χ0) is 21.5. The average molecular weight is 422 g/mol. The largest absolute Gasteiger partial charge is 0.494 e. The number of pyridine rings is 1. The smallest absolute Gasteiger partial charge is 0.241 e. The fourth-order valence-corrected chi connectivity index (χ4v) is 3.70. The van der Waals surface area contributed by atoms with E-state index in [1.807, 2.05) is 43.3 Å². The Bertz CT molecular complexity index is 966. The van der Waals surface area contributed by atoms with Crippen LogP contribution in [-0.4, -0.2) is 51.7 Å². The van der Waals surface area contributed by atoms with Crippen LogP contribution in [0.3, 0.4) is 0 Å². The molecule has 1 N–H and O–H groups in total. The molecule has 31 heavy (non-hydrogen) atoms. The lowest BCUT2D eigenvalue weighted by atomic mass is 10.0. The van der Waals surface area contributed by atoms with Crippen LogP contribution >= 0.6 is 0 Å². The van der Waals surface area contributed by atoms with Gasteiger partial charge in [0.05, 0.1) is 19.6 Å². The molecule has 3 heterocycles. The van der Waals surface area contributed by atoms with Gasteiger partial charge in [-0.2, -0.15) is 4.98 Å². The number of nitrogens with one attached hydrogen (secondary N) is 1. The fourth-order valence-electron chi connectivity index (χ4n) is 3.70. The lowest BCUT2D eigenvalue weighted by Gasteiger charge is -2.31. The highest BCUT2D eigenvalue weighted by molar-refractivity contribution is 5.78. The maximum Gasteiger partial charge on any atom is 0.241 e. The van der Waals surface area contributed by atoms with E-state index in [0.29, 0.717) is 31.3 Å². The molecule has 1 fully saturated rings. The topological polar surface area (TPSA) is 93.4 Å². The summed E-state index contributed by atoms with van der Waals surface area (Å²) in [6.45, 7) is 4.96. The number of carbonyl (C=O) groups is 1. The third-order valence-corrected chi connectivity index (χ3v) is 5.32. The van der Waals surface area contributed by atoms with E-state index in [9.17, 15) is 4.79 Å². The number of hydrogen-bond donors (Lipinski definition) is 1. The Labute approximate surface area is 181 Å². The maximum atomic E-state index is 12.4. The summed E-state index contributed by atoms with van der Waals surface area (Å²) in [5.41, 5.74) is 1.87. The molecular weight excluding hydrogens is 394 g/mol. The summed E-state index contributed by atoms with van der Waals surface area (Å²) in [6.07, 6.45) is 5.60. The lowest BCUT2D eigenvalue weighted by molar-refractivity contribution is -0.121. The first kappa shape index (κ1) is 21.0. The zero-order valence-corrected chi connectivity index (χ0v) is 17.7. The molecule has 1 aromatic carbocycles. The van der Waals surface area contributed by atoms with Crippen LogP contribution in [0.1, 0.15) is 31.2 Å². The first-order chi connectivity index (χ1) is 15.2. The number of aromatic nitrogens is 3. The van der Waals surface area contributed by atoms with E-state index in [2.05, 4.69) is 25.3 Å². The van der Waals surface area contributed by atoms with Gasteiger partial charge in [-0.3, -0.25) is 14.7 Å². The molecule has 0 unspecified atom stereocenters. The van der Waals surface area contributed by atoms with Crippen molar-refractivity contribution in [1.29, 1.82) is 0 Å². The first-order valence-corrected chi connectivity index (χ1v) is 10.7. The minimum absolute atomic E-state index is 0.0569. The number of hydrogen-bond acceptors (Lipinski definition) is 7. The third kappa shape index (κ3) is 5.88. The third-order valence-electron chi connectivity index (χ3n) is 5.32. The first-order valence-electron chi connectivity index (χ1n) is 10.7. The van der Waals surface area contributed by atoms with E-state index >= 15 is 0 Å². The number of ether oxygens (including phenoxy) is 1. The summed E-state index contributed by atoms with van der Waals surface area (Å²) in [7, 11) is 0. The molecule has 1 aliphatic rings. The fraction of sp³-hybridized carbons (Fsp3) is 0.391. The van der Waals surface area contributed by atoms with Crippen molar-refractivity contribution in [1.82, 2.24) is 25.3 Å². The maximum absolute atomic E-state index is 12.4. The normalized spacial score (nSPS) is 15.0. The summed E-state index contributed by atoms with van der Waals surface area (Å²) in [4.78, 5) is 23.2. The monoisotopic (exact) mass is 421 g/mol. The van der Waals surface area contributed by atoms with Crippen LogP contribution in [0.5, 0.6) is 5.75 Å². The predicted octanol–water partition coefficient (Wildman–Crippen LogP) is 2.85. The highest BCUT2D eigenvalue weighted by Crippen LogP contribution is 2.18. The number of rotatable bonds is 8. The van der Waals surface area contributed by atoms with E-state index in [-0.39, 0.29) is 11.9 Å². The van der Waals surface area contributed by atoms with Gasteiger partial charge in [0, 0.05) is 37.1 Å². The van der Waals surface area contributed by atoms with Gasteiger partial charge in [0.2, 0.25) is 17.6 Å². The summed E-state index contributed by atoms with van der Waals surface area (Å²) in [5.74, 6) is 2.06. The Morgan fingerprint density at radius 2 is 1.90 bits per heavy atom. The predicted molar refractivity (Wildman–Crippen MR) is 115 cm³/mol. The Morgan fingerprint density at radius 1 is 1.16 bits per heavy atom. The van der Waals surface area contributed by atoms with E-state index < -0.39 is 0 Å². The summed E-state index contributed by atoms with van der Waals surface area (Å²) < 4.78 is 10.8. The average Bonchev–Trinajstić information content (AvgIpc) is 3.26. The van der Waals surface area contributed by atoms with Crippen LogP contribution in [0, 0.1) is 0 Å². The lowest BCUT2D eigenvalue weighted by Crippen LogP contribution is -2.44. The van der Waals surface area contributed by atoms with Gasteiger partial charge in [0.25, 0.3) is 0 Å². The molecule has 0 spiro atoms. The van der Waals surface area contributed by atoms with Crippen molar-refractivity contribution >= 4 is 5.91 Å². The van der Waals surface area contributed by atoms with Gasteiger partial charge < -0.3 is 14.6 Å². The van der Waals surface area contributed by atoms with Crippen molar-refractivity contribution in [3.05, 3.63) is 60.2 Å². The van der Waals surface area contributed by atoms with Gasteiger partial charge in [-0.05, 0) is 49.6 Å². The van der Waals surface area contributed by atoms with Crippen molar-refractivity contribution in [2.75, 3.05) is 19.7 Å². The molecule has 162 valence electrons. The quantitative estimate of drug-likeness (QED) is 0.598. The molecule has 0 atom stereocenters. The molecule has 1 saturated heterocycles. The van der Waals surface area contributed by atoms with Gasteiger partial charge >= 0.3 is 0 Å². The number of nitrogens with zero attached hydrogens (tertiary/aromatic N) is 4. The summed E-state index contributed by atoms with van der Waals surface area (Å²) in [5, 5.41) is 7.22. The van der Waals surface area contributed by atoms with Gasteiger partial charge in [0.1, 0.15) is 5.75 Å². The molecule has 8 heteroatoms. The Balaban J connectivity index is 1.21. The van der Waals surface area contributed by atoms with Crippen LogP contribution in [0.25, 0.3) is 11.4 Å². The zero-order valence-electron chi connectivity index (χ0n) is 17.7. The number of likely N-dealkylation sites (tertiary alicyclic amines) is 1. The molecular formula is C23H27N5O3. The summed E-state index contributed by atoms with van der Waals surface area (Å²) >= 11 is 0. The number of benzene rings is 1. The van der Waals surface area contributed by atoms with Gasteiger partial charge in [-0.1, -0.05) is 17.3 Å². The van der Waals surface area contributed by atoms with Crippen LogP contribution in [0.4, 0.5) is 0 Å². The SMILES string of the molecule is CCOc1ccc(CC(=O)NC2CCN(Cc3nc(-c4ccncc4)no3)CC2)cc1. The van der Waals surface area contributed by atoms with E-state index in [1.54, 1.807) is 12.4 Å². The second-order valence-electron chi connectivity index (χ2n) is 7.62. The highest BCUT2D eigenvalue weighted by Gasteiger charge is 2.22. The number of piperidine rings is 1. The minimum atomic E-state index is 0.0569. The molecule has 0 saturated carbocycles. The molecule has 3 aromatic rings.